The zero-order chi connectivity index (χ0) is 22.0. The maximum absolute atomic E-state index is 14.8. The lowest BCUT2D eigenvalue weighted by Crippen LogP contribution is -1.98. The molecule has 0 fully saturated rings. The van der Waals surface area contributed by atoms with E-state index in [2.05, 4.69) is 19.1 Å². The molecule has 0 N–H and O–H groups in total. The van der Waals surface area contributed by atoms with E-state index in [-0.39, 0.29) is 16.1 Å². The Hall–Kier alpha value is -3.04. The second-order valence-corrected chi connectivity index (χ2v) is 8.06. The topological polar surface area (TPSA) is 0 Å². The summed E-state index contributed by atoms with van der Waals surface area (Å²) in [5, 5.41) is -0.0946. The Morgan fingerprint density at radius 3 is 1.87 bits per heavy atom. The molecule has 156 valence electrons. The lowest BCUT2D eigenvalue weighted by molar-refractivity contribution is 0.589. The highest BCUT2D eigenvalue weighted by Gasteiger charge is 2.16. The lowest BCUT2D eigenvalue weighted by atomic mass is 9.92. The average Bonchev–Trinajstić information content (AvgIpc) is 2.77. The van der Waals surface area contributed by atoms with E-state index in [9.17, 15) is 13.2 Å². The number of halogens is 4. The van der Waals surface area contributed by atoms with Crippen molar-refractivity contribution in [3.8, 4) is 22.3 Å². The predicted molar refractivity (Wildman–Crippen MR) is 121 cm³/mol. The monoisotopic (exact) mass is 436 g/mol. The summed E-state index contributed by atoms with van der Waals surface area (Å²) < 4.78 is 43.2. The predicted octanol–water partition coefficient (Wildman–Crippen LogP) is 8.44. The van der Waals surface area contributed by atoms with Gasteiger partial charge in [-0.2, -0.15) is 0 Å². The van der Waals surface area contributed by atoms with Gasteiger partial charge < -0.3 is 0 Å². The summed E-state index contributed by atoms with van der Waals surface area (Å²) in [7, 11) is 0. The third kappa shape index (κ3) is 4.67. The fourth-order valence-electron chi connectivity index (χ4n) is 3.75. The van der Waals surface area contributed by atoms with Crippen LogP contribution in [0.5, 0.6) is 0 Å². The Balaban J connectivity index is 1.58. The minimum atomic E-state index is -0.751. The van der Waals surface area contributed by atoms with Crippen LogP contribution in [-0.2, 0) is 6.42 Å². The van der Waals surface area contributed by atoms with Crippen molar-refractivity contribution in [3.05, 3.63) is 119 Å². The van der Waals surface area contributed by atoms with Crippen LogP contribution in [-0.4, -0.2) is 0 Å². The van der Waals surface area contributed by atoms with Gasteiger partial charge in [0.1, 0.15) is 17.5 Å². The van der Waals surface area contributed by atoms with Gasteiger partial charge >= 0.3 is 0 Å². The Morgan fingerprint density at radius 1 is 0.677 bits per heavy atom. The van der Waals surface area contributed by atoms with Crippen LogP contribution in [0.2, 0.25) is 5.02 Å². The van der Waals surface area contributed by atoms with Gasteiger partial charge in [0.2, 0.25) is 0 Å². The Bertz CT molecular complexity index is 1180. The van der Waals surface area contributed by atoms with Crippen LogP contribution in [0.25, 0.3) is 22.3 Å². The van der Waals surface area contributed by atoms with Crippen molar-refractivity contribution in [2.24, 2.45) is 0 Å². The van der Waals surface area contributed by atoms with Crippen LogP contribution in [0, 0.1) is 17.5 Å². The van der Waals surface area contributed by atoms with Gasteiger partial charge in [-0.3, -0.25) is 0 Å². The molecule has 0 spiro atoms. The molecule has 0 bridgehead atoms. The maximum Gasteiger partial charge on any atom is 0.142 e. The molecule has 0 aliphatic rings. The zero-order valence-electron chi connectivity index (χ0n) is 16.9. The van der Waals surface area contributed by atoms with Crippen molar-refractivity contribution in [2.45, 2.75) is 19.3 Å². The van der Waals surface area contributed by atoms with Gasteiger partial charge in [-0.1, -0.05) is 79.2 Å². The first-order chi connectivity index (χ1) is 14.9. The second-order valence-electron chi connectivity index (χ2n) is 7.66. The summed E-state index contributed by atoms with van der Waals surface area (Å²) in [4.78, 5) is 0. The van der Waals surface area contributed by atoms with Crippen molar-refractivity contribution in [3.63, 3.8) is 0 Å². The number of benzene rings is 4. The van der Waals surface area contributed by atoms with Gasteiger partial charge in [-0.25, -0.2) is 13.2 Å². The summed E-state index contributed by atoms with van der Waals surface area (Å²) in [5.74, 6) is -1.86. The summed E-state index contributed by atoms with van der Waals surface area (Å²) in [6, 6.07) is 24.2. The first kappa shape index (κ1) is 21.2. The van der Waals surface area contributed by atoms with Crippen LogP contribution in [0.15, 0.2) is 84.9 Å². The summed E-state index contributed by atoms with van der Waals surface area (Å²) in [6.07, 6.45) is 0.869. The first-order valence-electron chi connectivity index (χ1n) is 10.0. The second kappa shape index (κ2) is 8.99. The first-order valence-corrected chi connectivity index (χ1v) is 10.4. The van der Waals surface area contributed by atoms with E-state index in [1.165, 1.54) is 29.8 Å². The molecule has 1 atom stereocenters. The third-order valence-electron chi connectivity index (χ3n) is 5.45. The fourth-order valence-corrected chi connectivity index (χ4v) is 3.87. The Kier molecular flexibility index (Phi) is 6.15. The Morgan fingerprint density at radius 2 is 1.26 bits per heavy atom. The van der Waals surface area contributed by atoms with Gasteiger partial charge in [0, 0.05) is 0 Å². The summed E-state index contributed by atoms with van der Waals surface area (Å²) in [6.45, 7) is 2.17. The van der Waals surface area contributed by atoms with Gasteiger partial charge in [0.25, 0.3) is 0 Å². The van der Waals surface area contributed by atoms with Crippen LogP contribution >= 0.6 is 11.6 Å². The molecule has 31 heavy (non-hydrogen) atoms. The van der Waals surface area contributed by atoms with Crippen molar-refractivity contribution in [2.75, 3.05) is 0 Å². The molecule has 0 heterocycles. The molecular weight excluding hydrogens is 417 g/mol. The molecule has 0 aromatic heterocycles. The summed E-state index contributed by atoms with van der Waals surface area (Å²) in [5.41, 5.74) is 3.39. The van der Waals surface area contributed by atoms with Crippen molar-refractivity contribution in [1.29, 1.82) is 0 Å². The van der Waals surface area contributed by atoms with Gasteiger partial charge in [0.15, 0.2) is 0 Å². The lowest BCUT2D eigenvalue weighted by Gasteiger charge is -2.13. The molecule has 0 saturated carbocycles. The fraction of sp³-hybridized carbons (Fsp3) is 0.111. The van der Waals surface area contributed by atoms with E-state index in [1.807, 2.05) is 42.5 Å². The van der Waals surface area contributed by atoms with Crippen molar-refractivity contribution in [1.82, 2.24) is 0 Å². The van der Waals surface area contributed by atoms with Crippen molar-refractivity contribution >= 4 is 11.6 Å². The highest BCUT2D eigenvalue weighted by atomic mass is 35.5. The molecule has 4 aromatic rings. The maximum atomic E-state index is 14.8. The molecule has 4 heteroatoms. The van der Waals surface area contributed by atoms with Crippen LogP contribution < -0.4 is 0 Å². The molecule has 0 amide bonds. The van der Waals surface area contributed by atoms with Crippen LogP contribution in [0.4, 0.5) is 13.2 Å². The number of rotatable bonds is 5. The third-order valence-corrected chi connectivity index (χ3v) is 5.75. The smallest absolute Gasteiger partial charge is 0.142 e. The molecule has 4 aromatic carbocycles. The summed E-state index contributed by atoms with van der Waals surface area (Å²) >= 11 is 5.67. The molecule has 0 aliphatic carbocycles. The van der Waals surface area contributed by atoms with E-state index >= 15 is 0 Å². The minimum absolute atomic E-state index is 0.0946. The van der Waals surface area contributed by atoms with E-state index in [1.54, 1.807) is 0 Å². The average molecular weight is 437 g/mol. The highest BCUT2D eigenvalue weighted by Crippen LogP contribution is 2.33. The van der Waals surface area contributed by atoms with Gasteiger partial charge in [-0.05, 0) is 64.4 Å². The standard InChI is InChI=1S/C27H20ClF3/c1-17(19-5-3-2-4-6-19)13-18-7-9-20(10-8-18)22-15-25(30)27(26(31)16-22)21-11-12-23(28)24(29)14-21/h2-12,14-17H,13H2,1H3/t17-/m0/s1. The van der Waals surface area contributed by atoms with E-state index in [0.717, 1.165) is 18.1 Å². The zero-order valence-corrected chi connectivity index (χ0v) is 17.6. The molecule has 4 rings (SSSR count). The molecule has 0 saturated heterocycles. The van der Waals surface area contributed by atoms with Crippen LogP contribution in [0.3, 0.4) is 0 Å². The normalized spacial score (nSPS) is 12.0. The highest BCUT2D eigenvalue weighted by molar-refractivity contribution is 6.30. The van der Waals surface area contributed by atoms with E-state index in [4.69, 9.17) is 11.6 Å². The molecule has 0 nitrogen and oxygen atoms in total. The molecular formula is C27H20ClF3. The molecule has 0 aliphatic heterocycles. The quantitative estimate of drug-likeness (QED) is 0.294. The van der Waals surface area contributed by atoms with Crippen molar-refractivity contribution < 1.29 is 13.2 Å². The molecule has 0 unspecified atom stereocenters. The Labute approximate surface area is 184 Å². The van der Waals surface area contributed by atoms with Crippen LogP contribution in [0.1, 0.15) is 24.0 Å². The van der Waals surface area contributed by atoms with Gasteiger partial charge in [0.05, 0.1) is 10.6 Å². The van der Waals surface area contributed by atoms with E-state index in [0.29, 0.717) is 17.0 Å². The van der Waals surface area contributed by atoms with Gasteiger partial charge in [-0.15, -0.1) is 0 Å². The molecule has 0 radical (unpaired) electrons. The largest absolute Gasteiger partial charge is 0.206 e. The number of hydrogen-bond donors (Lipinski definition) is 0. The SMILES string of the molecule is C[C@@H](Cc1ccc(-c2cc(F)c(-c3ccc(Cl)c(F)c3)c(F)c2)cc1)c1ccccc1. The number of hydrogen-bond acceptors (Lipinski definition) is 0. The minimum Gasteiger partial charge on any atom is -0.206 e. The van der Waals surface area contributed by atoms with E-state index < -0.39 is 17.5 Å².